The summed E-state index contributed by atoms with van der Waals surface area (Å²) in [6.07, 6.45) is 3.38. The minimum absolute atomic E-state index is 0.160. The number of esters is 2. The van der Waals surface area contributed by atoms with Gasteiger partial charge >= 0.3 is 11.9 Å². The van der Waals surface area contributed by atoms with E-state index >= 15 is 0 Å². The van der Waals surface area contributed by atoms with Crippen LogP contribution < -0.4 is 9.47 Å². The van der Waals surface area contributed by atoms with Gasteiger partial charge in [-0.1, -0.05) is 18.2 Å². The fourth-order valence-electron chi connectivity index (χ4n) is 3.06. The van der Waals surface area contributed by atoms with Crippen LogP contribution in [0.2, 0.25) is 0 Å². The van der Waals surface area contributed by atoms with Gasteiger partial charge in [-0.25, -0.2) is 9.59 Å². The SMILES string of the molecule is COC(=O)COc1cc(OC)ccc1CC1=CC(=O)OC1(O)c1ccc(SC)cc1. The van der Waals surface area contributed by atoms with Crippen LogP contribution in [-0.4, -0.2) is 44.1 Å². The van der Waals surface area contributed by atoms with Gasteiger partial charge in [-0.15, -0.1) is 11.8 Å². The molecule has 1 unspecified atom stereocenters. The number of carbonyl (C=O) groups excluding carboxylic acids is 2. The van der Waals surface area contributed by atoms with Crippen molar-refractivity contribution in [1.82, 2.24) is 0 Å². The molecule has 1 N–H and O–H groups in total. The molecule has 7 nitrogen and oxygen atoms in total. The molecule has 0 radical (unpaired) electrons. The van der Waals surface area contributed by atoms with E-state index in [9.17, 15) is 14.7 Å². The minimum Gasteiger partial charge on any atom is -0.497 e. The topological polar surface area (TPSA) is 91.3 Å². The van der Waals surface area contributed by atoms with Crippen molar-refractivity contribution in [2.75, 3.05) is 27.1 Å². The Morgan fingerprint density at radius 3 is 2.53 bits per heavy atom. The second-order valence-electron chi connectivity index (χ2n) is 6.48. The molecule has 158 valence electrons. The highest BCUT2D eigenvalue weighted by Gasteiger charge is 2.43. The number of aliphatic hydroxyl groups is 1. The zero-order valence-corrected chi connectivity index (χ0v) is 17.7. The molecule has 1 atom stereocenters. The van der Waals surface area contributed by atoms with Crippen LogP contribution in [-0.2, 0) is 31.3 Å². The number of benzene rings is 2. The molecule has 0 amide bonds. The van der Waals surface area contributed by atoms with Crippen LogP contribution in [0.5, 0.6) is 11.5 Å². The van der Waals surface area contributed by atoms with Crippen LogP contribution in [0.4, 0.5) is 0 Å². The molecule has 0 aliphatic carbocycles. The number of cyclic esters (lactones) is 1. The van der Waals surface area contributed by atoms with Crippen LogP contribution in [0.1, 0.15) is 11.1 Å². The molecule has 8 heteroatoms. The third kappa shape index (κ3) is 4.60. The fraction of sp³-hybridized carbons (Fsp3) is 0.273. The Labute approximate surface area is 178 Å². The minimum atomic E-state index is -1.88. The van der Waals surface area contributed by atoms with Gasteiger partial charge in [0.05, 0.1) is 14.2 Å². The molecule has 1 aliphatic rings. The van der Waals surface area contributed by atoms with Crippen molar-refractivity contribution in [1.29, 1.82) is 0 Å². The van der Waals surface area contributed by atoms with Gasteiger partial charge in [-0.3, -0.25) is 0 Å². The van der Waals surface area contributed by atoms with Crippen molar-refractivity contribution in [3.63, 3.8) is 0 Å². The Hall–Kier alpha value is -2.97. The maximum atomic E-state index is 12.0. The van der Waals surface area contributed by atoms with E-state index in [-0.39, 0.29) is 13.0 Å². The molecule has 1 heterocycles. The van der Waals surface area contributed by atoms with Crippen LogP contribution in [0.25, 0.3) is 0 Å². The summed E-state index contributed by atoms with van der Waals surface area (Å²) in [4.78, 5) is 24.5. The number of thioether (sulfide) groups is 1. The van der Waals surface area contributed by atoms with E-state index in [1.165, 1.54) is 20.3 Å². The Morgan fingerprint density at radius 1 is 1.17 bits per heavy atom. The van der Waals surface area contributed by atoms with Crippen molar-refractivity contribution in [2.24, 2.45) is 0 Å². The lowest BCUT2D eigenvalue weighted by atomic mass is 9.92. The first-order valence-corrected chi connectivity index (χ1v) is 10.3. The Morgan fingerprint density at radius 2 is 1.90 bits per heavy atom. The molecule has 2 aromatic carbocycles. The summed E-state index contributed by atoms with van der Waals surface area (Å²) >= 11 is 1.57. The smallest absolute Gasteiger partial charge is 0.343 e. The van der Waals surface area contributed by atoms with Gasteiger partial charge in [0.15, 0.2) is 6.61 Å². The average molecular weight is 430 g/mol. The van der Waals surface area contributed by atoms with Gasteiger partial charge < -0.3 is 24.1 Å². The number of methoxy groups -OCH3 is 2. The molecular weight excluding hydrogens is 408 g/mol. The molecule has 0 aromatic heterocycles. The van der Waals surface area contributed by atoms with E-state index in [4.69, 9.17) is 14.2 Å². The molecule has 0 fully saturated rings. The Kier molecular flexibility index (Phi) is 6.69. The molecular formula is C22H22O7S. The molecule has 30 heavy (non-hydrogen) atoms. The quantitative estimate of drug-likeness (QED) is 0.505. The predicted octanol–water partition coefficient (Wildman–Crippen LogP) is 2.84. The predicted molar refractivity (Wildman–Crippen MR) is 111 cm³/mol. The highest BCUT2D eigenvalue weighted by atomic mass is 32.2. The normalized spacial score (nSPS) is 17.9. The number of ether oxygens (including phenoxy) is 4. The average Bonchev–Trinajstić information content (AvgIpc) is 3.06. The Bertz CT molecular complexity index is 968. The summed E-state index contributed by atoms with van der Waals surface area (Å²) in [7, 11) is 2.79. The van der Waals surface area contributed by atoms with Crippen molar-refractivity contribution in [2.45, 2.75) is 17.1 Å². The second kappa shape index (κ2) is 9.23. The van der Waals surface area contributed by atoms with Crippen molar-refractivity contribution < 1.29 is 33.6 Å². The largest absolute Gasteiger partial charge is 0.497 e. The molecule has 0 saturated heterocycles. The first-order chi connectivity index (χ1) is 14.4. The highest BCUT2D eigenvalue weighted by molar-refractivity contribution is 7.98. The van der Waals surface area contributed by atoms with Crippen molar-refractivity contribution >= 4 is 23.7 Å². The lowest BCUT2D eigenvalue weighted by Crippen LogP contribution is -2.29. The first-order valence-electron chi connectivity index (χ1n) is 9.07. The van der Waals surface area contributed by atoms with Crippen LogP contribution in [0.3, 0.4) is 0 Å². The molecule has 0 saturated carbocycles. The monoisotopic (exact) mass is 430 g/mol. The van der Waals surface area contributed by atoms with E-state index in [1.54, 1.807) is 42.1 Å². The van der Waals surface area contributed by atoms with Gasteiger partial charge in [0.2, 0.25) is 0 Å². The van der Waals surface area contributed by atoms with Gasteiger partial charge in [-0.2, -0.15) is 0 Å². The number of carbonyl (C=O) groups is 2. The van der Waals surface area contributed by atoms with E-state index in [2.05, 4.69) is 4.74 Å². The molecule has 0 spiro atoms. The number of hydrogen-bond acceptors (Lipinski definition) is 8. The fourth-order valence-corrected chi connectivity index (χ4v) is 3.46. The maximum Gasteiger partial charge on any atom is 0.343 e. The molecule has 3 rings (SSSR count). The van der Waals surface area contributed by atoms with Crippen LogP contribution in [0.15, 0.2) is 59.0 Å². The lowest BCUT2D eigenvalue weighted by molar-refractivity contribution is -0.185. The maximum absolute atomic E-state index is 12.0. The van der Waals surface area contributed by atoms with Crippen LogP contribution >= 0.6 is 11.8 Å². The van der Waals surface area contributed by atoms with E-state index in [0.717, 1.165) is 4.90 Å². The first kappa shape index (κ1) is 21.7. The van der Waals surface area contributed by atoms with Crippen molar-refractivity contribution in [3.05, 3.63) is 65.2 Å². The zero-order valence-electron chi connectivity index (χ0n) is 16.8. The van der Waals surface area contributed by atoms with E-state index in [1.807, 2.05) is 18.4 Å². The van der Waals surface area contributed by atoms with Crippen LogP contribution in [0, 0.1) is 0 Å². The summed E-state index contributed by atoms with van der Waals surface area (Å²) in [5, 5.41) is 11.2. The summed E-state index contributed by atoms with van der Waals surface area (Å²) in [6.45, 7) is -0.286. The van der Waals surface area contributed by atoms with Gasteiger partial charge in [-0.05, 0) is 30.0 Å². The lowest BCUT2D eigenvalue weighted by Gasteiger charge is -2.26. The molecule has 0 bridgehead atoms. The highest BCUT2D eigenvalue weighted by Crippen LogP contribution is 2.40. The second-order valence-corrected chi connectivity index (χ2v) is 7.36. The summed E-state index contributed by atoms with van der Waals surface area (Å²) in [5.74, 6) is -2.14. The van der Waals surface area contributed by atoms with Gasteiger partial charge in [0.1, 0.15) is 11.5 Å². The summed E-state index contributed by atoms with van der Waals surface area (Å²) < 4.78 is 20.7. The number of hydrogen-bond donors (Lipinski definition) is 1. The third-order valence-corrected chi connectivity index (χ3v) is 5.43. The standard InChI is InChI=1S/C22H22O7S/c1-26-17-7-4-14(19(12-17)28-13-21(24)27-2)10-16-11-20(23)29-22(16,25)15-5-8-18(30-3)9-6-15/h4-9,11-12,25H,10,13H2,1-3H3. The van der Waals surface area contributed by atoms with Gasteiger partial charge in [0.25, 0.3) is 5.79 Å². The molecule has 1 aliphatic heterocycles. The number of rotatable bonds is 8. The van der Waals surface area contributed by atoms with E-state index in [0.29, 0.717) is 28.2 Å². The van der Waals surface area contributed by atoms with E-state index < -0.39 is 17.7 Å². The van der Waals surface area contributed by atoms with Gasteiger partial charge in [0, 0.05) is 34.6 Å². The van der Waals surface area contributed by atoms with Crippen molar-refractivity contribution in [3.8, 4) is 11.5 Å². The third-order valence-electron chi connectivity index (χ3n) is 4.69. The summed E-state index contributed by atoms with van der Waals surface area (Å²) in [6, 6.07) is 12.2. The summed E-state index contributed by atoms with van der Waals surface area (Å²) in [5.41, 5.74) is 1.45. The zero-order chi connectivity index (χ0) is 21.7. The Balaban J connectivity index is 1.91. The molecule has 2 aromatic rings.